The van der Waals surface area contributed by atoms with E-state index in [0.29, 0.717) is 35.5 Å². The first-order valence-electron chi connectivity index (χ1n) is 17.1. The molecule has 12 heteroatoms. The number of hydrogen-bond acceptors (Lipinski definition) is 7. The minimum atomic E-state index is -4.45. The van der Waals surface area contributed by atoms with E-state index in [-0.39, 0.29) is 12.1 Å². The molecule has 2 fully saturated rings. The molecule has 0 N–H and O–H groups in total. The third-order valence-electron chi connectivity index (χ3n) is 9.31. The number of rotatable bonds is 11. The second kappa shape index (κ2) is 12.4. The largest absolute Gasteiger partial charge is 0.416 e. The molecular formula is C37H44F3N9. The van der Waals surface area contributed by atoms with Gasteiger partial charge in [0.2, 0.25) is 5.95 Å². The highest BCUT2D eigenvalue weighted by molar-refractivity contribution is 5.82. The Morgan fingerprint density at radius 1 is 0.857 bits per heavy atom. The fraction of sp³-hybridized carbons (Fsp3) is 0.486. The molecule has 0 unspecified atom stereocenters. The van der Waals surface area contributed by atoms with E-state index in [1.807, 2.05) is 35.8 Å². The highest BCUT2D eigenvalue weighted by Gasteiger charge is 2.33. The summed E-state index contributed by atoms with van der Waals surface area (Å²) in [6.45, 7) is 12.5. The van der Waals surface area contributed by atoms with Gasteiger partial charge in [0.05, 0.1) is 22.5 Å². The summed E-state index contributed by atoms with van der Waals surface area (Å²) in [4.78, 5) is 19.3. The van der Waals surface area contributed by atoms with Gasteiger partial charge in [-0.25, -0.2) is 19.6 Å². The quantitative estimate of drug-likeness (QED) is 0.142. The zero-order chi connectivity index (χ0) is 34.7. The van der Waals surface area contributed by atoms with E-state index >= 15 is 0 Å². The van der Waals surface area contributed by atoms with Gasteiger partial charge in [-0.1, -0.05) is 11.6 Å². The normalized spacial score (nSPS) is 15.3. The van der Waals surface area contributed by atoms with Crippen molar-refractivity contribution < 1.29 is 13.2 Å². The Morgan fingerprint density at radius 2 is 1.53 bits per heavy atom. The summed E-state index contributed by atoms with van der Waals surface area (Å²) in [5, 5.41) is 10.4. The van der Waals surface area contributed by atoms with E-state index in [0.717, 1.165) is 52.5 Å². The van der Waals surface area contributed by atoms with Crippen molar-refractivity contribution in [2.24, 2.45) is 18.9 Å². The van der Waals surface area contributed by atoms with Gasteiger partial charge in [0.1, 0.15) is 5.82 Å². The maximum atomic E-state index is 13.9. The third kappa shape index (κ3) is 7.43. The highest BCUT2D eigenvalue weighted by Crippen LogP contribution is 2.38. The number of hydrogen-bond donors (Lipinski definition) is 0. The van der Waals surface area contributed by atoms with Crippen molar-refractivity contribution in [3.63, 3.8) is 0 Å². The van der Waals surface area contributed by atoms with Crippen molar-refractivity contribution in [2.45, 2.75) is 85.1 Å². The zero-order valence-corrected chi connectivity index (χ0v) is 29.1. The van der Waals surface area contributed by atoms with E-state index in [9.17, 15) is 13.2 Å². The molecule has 4 heterocycles. The molecule has 9 nitrogen and oxygen atoms in total. The zero-order valence-electron chi connectivity index (χ0n) is 29.1. The highest BCUT2D eigenvalue weighted by atomic mass is 19.4. The van der Waals surface area contributed by atoms with Crippen LogP contribution >= 0.6 is 0 Å². The predicted octanol–water partition coefficient (Wildman–Crippen LogP) is 7.85. The lowest BCUT2D eigenvalue weighted by Crippen LogP contribution is -2.32. The van der Waals surface area contributed by atoms with Crippen LogP contribution in [0.1, 0.15) is 74.4 Å². The van der Waals surface area contributed by atoms with Crippen molar-refractivity contribution in [3.05, 3.63) is 76.9 Å². The monoisotopic (exact) mass is 671 g/mol. The maximum absolute atomic E-state index is 13.9. The van der Waals surface area contributed by atoms with Crippen molar-refractivity contribution in [1.29, 1.82) is 0 Å². The van der Waals surface area contributed by atoms with Crippen LogP contribution in [0.25, 0.3) is 22.3 Å². The smallest absolute Gasteiger partial charge is 0.356 e. The molecule has 1 aromatic carbocycles. The topological polar surface area (TPSA) is 80.8 Å². The molecule has 0 spiro atoms. The van der Waals surface area contributed by atoms with E-state index in [1.165, 1.54) is 37.8 Å². The molecule has 0 radical (unpaired) electrons. The molecule has 2 saturated carbocycles. The van der Waals surface area contributed by atoms with Crippen LogP contribution in [0.3, 0.4) is 0 Å². The number of aromatic nitrogens is 7. The number of halogens is 3. The third-order valence-corrected chi connectivity index (χ3v) is 9.31. The number of nitrogens with zero attached hydrogens (tertiary/aromatic N) is 9. The van der Waals surface area contributed by atoms with Crippen LogP contribution in [0.2, 0.25) is 0 Å². The number of pyridine rings is 1. The minimum Gasteiger partial charge on any atom is -0.356 e. The summed E-state index contributed by atoms with van der Waals surface area (Å²) in [5.74, 6) is 2.61. The first kappa shape index (κ1) is 33.0. The summed E-state index contributed by atoms with van der Waals surface area (Å²) in [5.41, 5.74) is 4.35. The van der Waals surface area contributed by atoms with Crippen molar-refractivity contribution in [1.82, 2.24) is 34.5 Å². The Morgan fingerprint density at radius 3 is 2.10 bits per heavy atom. The Hall–Kier alpha value is -4.48. The molecule has 0 bridgehead atoms. The van der Waals surface area contributed by atoms with Crippen LogP contribution < -0.4 is 9.80 Å². The first-order chi connectivity index (χ1) is 23.2. The number of anilines is 2. The Balaban J connectivity index is 1.34. The van der Waals surface area contributed by atoms with Crippen LogP contribution in [-0.4, -0.2) is 47.6 Å². The molecule has 0 atom stereocenters. The predicted molar refractivity (Wildman–Crippen MR) is 185 cm³/mol. The maximum Gasteiger partial charge on any atom is 0.416 e. The summed E-state index contributed by atoms with van der Waals surface area (Å²) >= 11 is 0. The number of aryl methyl sites for hydroxylation is 3. The van der Waals surface area contributed by atoms with E-state index in [4.69, 9.17) is 20.1 Å². The van der Waals surface area contributed by atoms with Gasteiger partial charge in [-0.05, 0) is 102 Å². The molecule has 0 aliphatic heterocycles. The summed E-state index contributed by atoms with van der Waals surface area (Å²) in [6, 6.07) is 8.29. The van der Waals surface area contributed by atoms with Gasteiger partial charge in [0.15, 0.2) is 5.65 Å². The van der Waals surface area contributed by atoms with Crippen LogP contribution in [0.4, 0.5) is 24.9 Å². The van der Waals surface area contributed by atoms with Crippen molar-refractivity contribution in [3.8, 4) is 11.3 Å². The fourth-order valence-corrected chi connectivity index (χ4v) is 6.47. The van der Waals surface area contributed by atoms with Crippen LogP contribution in [0.15, 0.2) is 48.9 Å². The van der Waals surface area contributed by atoms with Gasteiger partial charge in [-0.2, -0.15) is 23.4 Å². The number of alkyl halides is 3. The summed E-state index contributed by atoms with van der Waals surface area (Å²) in [6.07, 6.45) is 5.72. The van der Waals surface area contributed by atoms with E-state index in [1.54, 1.807) is 30.1 Å². The van der Waals surface area contributed by atoms with Gasteiger partial charge >= 0.3 is 6.18 Å². The van der Waals surface area contributed by atoms with Gasteiger partial charge in [0.25, 0.3) is 0 Å². The van der Waals surface area contributed by atoms with Gasteiger partial charge < -0.3 is 9.80 Å². The number of fused-ring (bicyclic) bond motifs is 1. The Labute approximate surface area is 285 Å². The average molecular weight is 672 g/mol. The molecule has 258 valence electrons. The Bertz CT molecular complexity index is 1950. The van der Waals surface area contributed by atoms with Crippen LogP contribution in [-0.2, 0) is 31.9 Å². The lowest BCUT2D eigenvalue weighted by molar-refractivity contribution is -0.137. The molecule has 2 aliphatic rings. The Kier molecular flexibility index (Phi) is 8.39. The molecule has 0 amide bonds. The molecular weight excluding hydrogens is 627 g/mol. The molecule has 4 aromatic heterocycles. The van der Waals surface area contributed by atoms with Crippen molar-refractivity contribution >= 4 is 22.8 Å². The molecule has 49 heavy (non-hydrogen) atoms. The standard InChI is InChI=1S/C37H44F3N9/c1-23-13-27(15-30(14-23)37(38,39)40)21-48(35-41-17-29(18-42-35)32-11-12-46(6)45-32)22-28-16-31-24(2)44-49(36(3,4)5)34(31)43-33(28)47(19-25-7-8-25)20-26-9-10-26/h11-18,25-26H,7-10,19-22H2,1-6H3. The molecule has 5 aromatic rings. The van der Waals surface area contributed by atoms with Gasteiger partial charge in [-0.15, -0.1) is 0 Å². The molecule has 0 saturated heterocycles. The van der Waals surface area contributed by atoms with E-state index in [2.05, 4.69) is 36.8 Å². The fourth-order valence-electron chi connectivity index (χ4n) is 6.47. The lowest BCUT2D eigenvalue weighted by Gasteiger charge is -2.30. The van der Waals surface area contributed by atoms with E-state index < -0.39 is 11.7 Å². The minimum absolute atomic E-state index is 0.177. The first-order valence-corrected chi connectivity index (χ1v) is 17.1. The molecule has 7 rings (SSSR count). The van der Waals surface area contributed by atoms with Crippen molar-refractivity contribution in [2.75, 3.05) is 22.9 Å². The van der Waals surface area contributed by atoms with Crippen LogP contribution in [0.5, 0.6) is 0 Å². The number of benzene rings is 1. The summed E-state index contributed by atoms with van der Waals surface area (Å²) in [7, 11) is 1.85. The second-order valence-corrected chi connectivity index (χ2v) is 15.0. The van der Waals surface area contributed by atoms with Crippen LogP contribution in [0, 0.1) is 25.7 Å². The lowest BCUT2D eigenvalue weighted by atomic mass is 10.1. The van der Waals surface area contributed by atoms with Gasteiger partial charge in [-0.3, -0.25) is 4.68 Å². The molecule has 2 aliphatic carbocycles. The average Bonchev–Trinajstić information content (AvgIpc) is 3.96. The second-order valence-electron chi connectivity index (χ2n) is 15.0. The SMILES string of the molecule is Cc1cc(CN(Cc2cc3c(C)nn(C(C)(C)C)c3nc2N(CC2CC2)CC2CC2)c2ncc(-c3ccn(C)n3)cn2)cc(C(F)(F)F)c1. The van der Waals surface area contributed by atoms with Gasteiger partial charge in [0, 0.05) is 68.3 Å². The summed E-state index contributed by atoms with van der Waals surface area (Å²) < 4.78 is 45.5.